The fourth-order valence-corrected chi connectivity index (χ4v) is 2.79. The second-order valence-corrected chi connectivity index (χ2v) is 6.73. The third-order valence-corrected chi connectivity index (χ3v) is 4.35. The van der Waals surface area contributed by atoms with Crippen LogP contribution < -0.4 is 10.6 Å². The van der Waals surface area contributed by atoms with Crippen LogP contribution in [0.25, 0.3) is 0 Å². The molecule has 0 saturated carbocycles. The molecule has 0 aromatic heterocycles. The molecule has 3 aromatic carbocycles. The summed E-state index contributed by atoms with van der Waals surface area (Å²) in [6.45, 7) is 0. The Kier molecular flexibility index (Phi) is 6.26. The molecule has 0 bridgehead atoms. The highest BCUT2D eigenvalue weighted by atomic mass is 35.5. The lowest BCUT2D eigenvalue weighted by atomic mass is 10.1. The van der Waals surface area contributed by atoms with Gasteiger partial charge in [0.25, 0.3) is 11.8 Å². The average molecular weight is 455 g/mol. The van der Waals surface area contributed by atoms with Gasteiger partial charge in [-0.15, -0.1) is 0 Å². The standard InChI is InChI=1S/C21H12ClF5N2O2/c22-12-3-7-15(17(24)9-12)20(31)29-18-8-6-14(10-16(18)21(25,26)27)28-19(30)11-1-4-13(23)5-2-11/h1-10H,(H,28,30)(H,29,31). The molecule has 0 radical (unpaired) electrons. The van der Waals surface area contributed by atoms with Gasteiger partial charge in [-0.05, 0) is 60.7 Å². The number of halogens is 6. The number of anilines is 2. The second-order valence-electron chi connectivity index (χ2n) is 6.30. The van der Waals surface area contributed by atoms with E-state index in [4.69, 9.17) is 11.6 Å². The second kappa shape index (κ2) is 8.73. The maximum absolute atomic E-state index is 13.9. The molecule has 0 heterocycles. The van der Waals surface area contributed by atoms with Crippen molar-refractivity contribution >= 4 is 34.8 Å². The molecule has 2 N–H and O–H groups in total. The molecule has 4 nitrogen and oxygen atoms in total. The lowest BCUT2D eigenvalue weighted by Crippen LogP contribution is -2.19. The van der Waals surface area contributed by atoms with Gasteiger partial charge in [0.15, 0.2) is 0 Å². The highest BCUT2D eigenvalue weighted by molar-refractivity contribution is 6.30. The molecule has 0 aliphatic rings. The van der Waals surface area contributed by atoms with Crippen molar-refractivity contribution in [2.75, 3.05) is 10.6 Å². The quantitative estimate of drug-likeness (QED) is 0.465. The molecule has 0 unspecified atom stereocenters. The first-order valence-electron chi connectivity index (χ1n) is 8.59. The van der Waals surface area contributed by atoms with E-state index in [0.29, 0.717) is 6.07 Å². The topological polar surface area (TPSA) is 58.2 Å². The molecule has 0 aliphatic carbocycles. The van der Waals surface area contributed by atoms with E-state index in [1.54, 1.807) is 0 Å². The van der Waals surface area contributed by atoms with Crippen molar-refractivity contribution in [3.8, 4) is 0 Å². The van der Waals surface area contributed by atoms with Crippen LogP contribution >= 0.6 is 11.6 Å². The number of hydrogen-bond donors (Lipinski definition) is 2. The molecule has 0 fully saturated rings. The first-order chi connectivity index (χ1) is 14.5. The van der Waals surface area contributed by atoms with Crippen LogP contribution in [0.1, 0.15) is 26.3 Å². The summed E-state index contributed by atoms with van der Waals surface area (Å²) in [6, 6.07) is 10.2. The minimum absolute atomic E-state index is 0.0197. The number of amides is 2. The summed E-state index contributed by atoms with van der Waals surface area (Å²) < 4.78 is 67.4. The Morgan fingerprint density at radius 3 is 2.10 bits per heavy atom. The van der Waals surface area contributed by atoms with E-state index in [1.165, 1.54) is 18.2 Å². The number of benzene rings is 3. The molecule has 0 spiro atoms. The van der Waals surface area contributed by atoms with Crippen LogP contribution in [0.3, 0.4) is 0 Å². The van der Waals surface area contributed by atoms with Crippen LogP contribution in [0.5, 0.6) is 0 Å². The van der Waals surface area contributed by atoms with E-state index in [-0.39, 0.29) is 16.3 Å². The third kappa shape index (κ3) is 5.37. The predicted octanol–water partition coefficient (Wildman–Crippen LogP) is 6.14. The van der Waals surface area contributed by atoms with Crippen molar-refractivity contribution in [1.82, 2.24) is 0 Å². The summed E-state index contributed by atoms with van der Waals surface area (Å²) in [6.07, 6.45) is -4.89. The maximum Gasteiger partial charge on any atom is 0.418 e. The SMILES string of the molecule is O=C(Nc1ccc(NC(=O)c2ccc(Cl)cc2F)c(C(F)(F)F)c1)c1ccc(F)cc1. The first-order valence-corrected chi connectivity index (χ1v) is 8.97. The molecule has 10 heteroatoms. The van der Waals surface area contributed by atoms with Crippen LogP contribution in [0.2, 0.25) is 5.02 Å². The number of alkyl halides is 3. The van der Waals surface area contributed by atoms with Crippen LogP contribution in [0, 0.1) is 11.6 Å². The fraction of sp³-hybridized carbons (Fsp3) is 0.0476. The molecular formula is C21H12ClF5N2O2. The van der Waals surface area contributed by atoms with Crippen molar-refractivity contribution in [3.63, 3.8) is 0 Å². The van der Waals surface area contributed by atoms with Crippen molar-refractivity contribution in [3.05, 3.63) is 94.0 Å². The minimum atomic E-state index is -4.89. The summed E-state index contributed by atoms with van der Waals surface area (Å²) in [7, 11) is 0. The summed E-state index contributed by atoms with van der Waals surface area (Å²) in [5.74, 6) is -3.44. The minimum Gasteiger partial charge on any atom is -0.322 e. The van der Waals surface area contributed by atoms with Crippen LogP contribution in [0.15, 0.2) is 60.7 Å². The first kappa shape index (κ1) is 22.2. The average Bonchev–Trinajstić information content (AvgIpc) is 2.68. The zero-order chi connectivity index (χ0) is 22.8. The van der Waals surface area contributed by atoms with Crippen molar-refractivity contribution in [2.45, 2.75) is 6.18 Å². The fourth-order valence-electron chi connectivity index (χ4n) is 2.63. The predicted molar refractivity (Wildman–Crippen MR) is 105 cm³/mol. The van der Waals surface area contributed by atoms with E-state index < -0.39 is 46.4 Å². The molecule has 3 rings (SSSR count). The largest absolute Gasteiger partial charge is 0.418 e. The van der Waals surface area contributed by atoms with E-state index in [0.717, 1.165) is 36.4 Å². The Morgan fingerprint density at radius 1 is 0.806 bits per heavy atom. The Morgan fingerprint density at radius 2 is 1.48 bits per heavy atom. The number of carbonyl (C=O) groups excluding carboxylic acids is 2. The van der Waals surface area contributed by atoms with Gasteiger partial charge in [-0.25, -0.2) is 8.78 Å². The van der Waals surface area contributed by atoms with E-state index in [2.05, 4.69) is 5.32 Å². The van der Waals surface area contributed by atoms with Crippen LogP contribution in [-0.2, 0) is 6.18 Å². The zero-order valence-corrected chi connectivity index (χ0v) is 16.1. The Hall–Kier alpha value is -3.46. The van der Waals surface area contributed by atoms with E-state index >= 15 is 0 Å². The van der Waals surface area contributed by atoms with Gasteiger partial charge in [-0.1, -0.05) is 11.6 Å². The van der Waals surface area contributed by atoms with Gasteiger partial charge >= 0.3 is 6.18 Å². The molecule has 0 atom stereocenters. The van der Waals surface area contributed by atoms with Crippen LogP contribution in [0.4, 0.5) is 33.3 Å². The number of nitrogens with one attached hydrogen (secondary N) is 2. The van der Waals surface area contributed by atoms with Gasteiger partial charge in [0.05, 0.1) is 16.8 Å². The highest BCUT2D eigenvalue weighted by Gasteiger charge is 2.34. The molecule has 0 saturated heterocycles. The highest BCUT2D eigenvalue weighted by Crippen LogP contribution is 2.37. The zero-order valence-electron chi connectivity index (χ0n) is 15.4. The summed E-state index contributed by atoms with van der Waals surface area (Å²) in [5, 5.41) is 4.30. The molecule has 0 aliphatic heterocycles. The van der Waals surface area contributed by atoms with Crippen LogP contribution in [-0.4, -0.2) is 11.8 Å². The molecule has 160 valence electrons. The Balaban J connectivity index is 1.87. The van der Waals surface area contributed by atoms with Gasteiger partial charge in [0.1, 0.15) is 11.6 Å². The van der Waals surface area contributed by atoms with Crippen molar-refractivity contribution in [1.29, 1.82) is 0 Å². The van der Waals surface area contributed by atoms with Crippen molar-refractivity contribution in [2.24, 2.45) is 0 Å². The summed E-state index contributed by atoms with van der Waals surface area (Å²) in [4.78, 5) is 24.4. The number of hydrogen-bond acceptors (Lipinski definition) is 2. The number of rotatable bonds is 4. The summed E-state index contributed by atoms with van der Waals surface area (Å²) >= 11 is 5.60. The third-order valence-electron chi connectivity index (χ3n) is 4.11. The van der Waals surface area contributed by atoms with Gasteiger partial charge in [-0.3, -0.25) is 9.59 Å². The molecule has 31 heavy (non-hydrogen) atoms. The van der Waals surface area contributed by atoms with E-state index in [1.807, 2.05) is 5.32 Å². The molecule has 3 aromatic rings. The Labute approximate surface area is 177 Å². The van der Waals surface area contributed by atoms with Gasteiger partial charge < -0.3 is 10.6 Å². The Bertz CT molecular complexity index is 1150. The van der Waals surface area contributed by atoms with Gasteiger partial charge in [0.2, 0.25) is 0 Å². The number of carbonyl (C=O) groups is 2. The summed E-state index contributed by atoms with van der Waals surface area (Å²) in [5.41, 5.74) is -2.56. The lowest BCUT2D eigenvalue weighted by molar-refractivity contribution is -0.136. The van der Waals surface area contributed by atoms with Gasteiger partial charge in [-0.2, -0.15) is 13.2 Å². The monoisotopic (exact) mass is 454 g/mol. The maximum atomic E-state index is 13.9. The van der Waals surface area contributed by atoms with Gasteiger partial charge in [0, 0.05) is 16.3 Å². The van der Waals surface area contributed by atoms with Crippen molar-refractivity contribution < 1.29 is 31.5 Å². The molecular weight excluding hydrogens is 443 g/mol. The smallest absolute Gasteiger partial charge is 0.322 e. The molecule has 2 amide bonds. The normalized spacial score (nSPS) is 11.2. The lowest BCUT2D eigenvalue weighted by Gasteiger charge is -2.16. The van der Waals surface area contributed by atoms with E-state index in [9.17, 15) is 31.5 Å².